The van der Waals surface area contributed by atoms with E-state index in [1.165, 1.54) is 42.3 Å². The van der Waals surface area contributed by atoms with Gasteiger partial charge in [-0.15, -0.1) is 0 Å². The third-order valence-corrected chi connectivity index (χ3v) is 8.67. The van der Waals surface area contributed by atoms with Crippen molar-refractivity contribution in [2.24, 2.45) is 0 Å². The Morgan fingerprint density at radius 3 is 2.18 bits per heavy atom. The van der Waals surface area contributed by atoms with Crippen LogP contribution in [0.5, 0.6) is 0 Å². The molecule has 0 heterocycles. The molecule has 0 aromatic heterocycles. The highest BCUT2D eigenvalue weighted by Crippen LogP contribution is 2.31. The van der Waals surface area contributed by atoms with Crippen LogP contribution in [0.15, 0.2) is 71.6 Å². The second-order valence-electron chi connectivity index (χ2n) is 8.97. The van der Waals surface area contributed by atoms with Gasteiger partial charge in [0.1, 0.15) is 12.6 Å². The molecule has 3 aromatic carbocycles. The number of likely N-dealkylation sites (N-methyl/N-ethyl adjacent to an activating group) is 1. The van der Waals surface area contributed by atoms with Crippen molar-refractivity contribution in [3.8, 4) is 0 Å². The van der Waals surface area contributed by atoms with Gasteiger partial charge < -0.3 is 10.2 Å². The fraction of sp³-hybridized carbons (Fsp3) is 0.286. The lowest BCUT2D eigenvalue weighted by molar-refractivity contribution is -0.140. The number of aryl methyl sites for hydroxylation is 2. The number of hydrogen-bond acceptors (Lipinski definition) is 4. The second kappa shape index (κ2) is 12.7. The van der Waals surface area contributed by atoms with Crippen LogP contribution in [0.4, 0.5) is 5.69 Å². The molecule has 202 valence electrons. The largest absolute Gasteiger partial charge is 0.357 e. The SMILES string of the molecule is CC[C@H](C(=O)NC)N(Cc1cccc(C)c1)C(=O)CN(c1ccc(Cl)c(Cl)c1)S(=O)(=O)c1ccc(C)cc1. The van der Waals surface area contributed by atoms with E-state index < -0.39 is 28.5 Å². The van der Waals surface area contributed by atoms with E-state index in [1.807, 2.05) is 38.1 Å². The summed E-state index contributed by atoms with van der Waals surface area (Å²) in [7, 11) is -2.68. The van der Waals surface area contributed by atoms with E-state index in [0.29, 0.717) is 6.42 Å². The molecular formula is C28H31Cl2N3O4S. The van der Waals surface area contributed by atoms with Crippen molar-refractivity contribution in [1.29, 1.82) is 0 Å². The van der Waals surface area contributed by atoms with E-state index in [9.17, 15) is 18.0 Å². The van der Waals surface area contributed by atoms with Crippen LogP contribution < -0.4 is 9.62 Å². The first-order valence-corrected chi connectivity index (χ1v) is 14.3. The molecule has 3 aromatic rings. The number of carbonyl (C=O) groups excluding carboxylic acids is 2. The number of sulfonamides is 1. The molecule has 0 radical (unpaired) electrons. The first kappa shape index (κ1) is 29.5. The third-order valence-electron chi connectivity index (χ3n) is 6.15. The minimum absolute atomic E-state index is 0.0190. The molecule has 2 amide bonds. The van der Waals surface area contributed by atoms with Crippen LogP contribution in [0.3, 0.4) is 0 Å². The maximum Gasteiger partial charge on any atom is 0.264 e. The maximum absolute atomic E-state index is 13.9. The van der Waals surface area contributed by atoms with Crippen LogP contribution >= 0.6 is 23.2 Å². The molecule has 10 heteroatoms. The van der Waals surface area contributed by atoms with Crippen LogP contribution in [-0.4, -0.2) is 44.8 Å². The predicted molar refractivity (Wildman–Crippen MR) is 152 cm³/mol. The quantitative estimate of drug-likeness (QED) is 0.352. The van der Waals surface area contributed by atoms with Gasteiger partial charge in [-0.25, -0.2) is 8.42 Å². The molecule has 3 rings (SSSR count). The van der Waals surface area contributed by atoms with Gasteiger partial charge in [-0.3, -0.25) is 13.9 Å². The molecule has 0 spiro atoms. The normalized spacial score (nSPS) is 12.1. The number of hydrogen-bond donors (Lipinski definition) is 1. The topological polar surface area (TPSA) is 86.8 Å². The Morgan fingerprint density at radius 2 is 1.61 bits per heavy atom. The summed E-state index contributed by atoms with van der Waals surface area (Å²) in [4.78, 5) is 28.1. The number of anilines is 1. The Labute approximate surface area is 234 Å². The lowest BCUT2D eigenvalue weighted by Crippen LogP contribution is -2.51. The summed E-state index contributed by atoms with van der Waals surface area (Å²) in [5, 5.41) is 3.01. The third kappa shape index (κ3) is 6.87. The molecule has 7 nitrogen and oxygen atoms in total. The van der Waals surface area contributed by atoms with Gasteiger partial charge in [-0.1, -0.05) is 77.7 Å². The fourth-order valence-corrected chi connectivity index (χ4v) is 5.80. The standard InChI is InChI=1S/C28H31Cl2N3O4S/c1-5-26(28(35)31-4)32(17-21-8-6-7-20(3)15-21)27(34)18-33(22-11-14-24(29)25(30)16-22)38(36,37)23-12-9-19(2)10-13-23/h6-16,26H,5,17-18H2,1-4H3,(H,31,35)/t26-/m1/s1. The number of rotatable bonds is 10. The smallest absolute Gasteiger partial charge is 0.264 e. The Kier molecular flexibility index (Phi) is 9.82. The van der Waals surface area contributed by atoms with Crippen molar-refractivity contribution in [2.75, 3.05) is 17.9 Å². The summed E-state index contributed by atoms with van der Waals surface area (Å²) >= 11 is 12.3. The zero-order chi connectivity index (χ0) is 28.0. The average Bonchev–Trinajstić information content (AvgIpc) is 2.88. The average molecular weight is 577 g/mol. The van der Waals surface area contributed by atoms with Crippen molar-refractivity contribution in [3.63, 3.8) is 0 Å². The zero-order valence-corrected chi connectivity index (χ0v) is 24.1. The van der Waals surface area contributed by atoms with Crippen LogP contribution in [0.2, 0.25) is 10.0 Å². The number of benzene rings is 3. The first-order valence-electron chi connectivity index (χ1n) is 12.1. The highest BCUT2D eigenvalue weighted by Gasteiger charge is 2.33. The lowest BCUT2D eigenvalue weighted by atomic mass is 10.1. The van der Waals surface area contributed by atoms with Gasteiger partial charge in [-0.2, -0.15) is 0 Å². The lowest BCUT2D eigenvalue weighted by Gasteiger charge is -2.33. The summed E-state index contributed by atoms with van der Waals surface area (Å²) in [5.74, 6) is -0.875. The number of halogens is 2. The van der Waals surface area contributed by atoms with Gasteiger partial charge in [0.15, 0.2) is 0 Å². The Bertz CT molecular complexity index is 1410. The maximum atomic E-state index is 13.9. The molecular weight excluding hydrogens is 545 g/mol. The Morgan fingerprint density at radius 1 is 0.921 bits per heavy atom. The molecule has 0 saturated heterocycles. The fourth-order valence-electron chi connectivity index (χ4n) is 4.10. The second-order valence-corrected chi connectivity index (χ2v) is 11.6. The number of nitrogens with one attached hydrogen (secondary N) is 1. The van der Waals surface area contributed by atoms with Crippen molar-refractivity contribution in [2.45, 2.75) is 44.7 Å². The van der Waals surface area contributed by atoms with Crippen LogP contribution in [0.25, 0.3) is 0 Å². The van der Waals surface area contributed by atoms with Crippen molar-refractivity contribution < 1.29 is 18.0 Å². The highest BCUT2D eigenvalue weighted by atomic mass is 35.5. The van der Waals surface area contributed by atoms with Crippen molar-refractivity contribution >= 4 is 50.7 Å². The summed E-state index contributed by atoms with van der Waals surface area (Å²) in [6.45, 7) is 5.17. The van der Waals surface area contributed by atoms with E-state index in [1.54, 1.807) is 19.1 Å². The van der Waals surface area contributed by atoms with Gasteiger partial charge >= 0.3 is 0 Å². The molecule has 0 aliphatic rings. The molecule has 0 bridgehead atoms. The summed E-state index contributed by atoms with van der Waals surface area (Å²) in [6.07, 6.45) is 0.342. The molecule has 38 heavy (non-hydrogen) atoms. The van der Waals surface area contributed by atoms with Gasteiger partial charge in [-0.05, 0) is 56.2 Å². The Hall–Kier alpha value is -3.07. The van der Waals surface area contributed by atoms with Gasteiger partial charge in [0.25, 0.3) is 10.0 Å². The summed E-state index contributed by atoms with van der Waals surface area (Å²) in [5.41, 5.74) is 2.89. The molecule has 1 N–H and O–H groups in total. The van der Waals surface area contributed by atoms with Gasteiger partial charge in [0.05, 0.1) is 20.6 Å². The first-order chi connectivity index (χ1) is 18.0. The van der Waals surface area contributed by atoms with E-state index >= 15 is 0 Å². The van der Waals surface area contributed by atoms with Crippen molar-refractivity contribution in [3.05, 3.63) is 93.5 Å². The highest BCUT2D eigenvalue weighted by molar-refractivity contribution is 7.92. The van der Waals surface area contributed by atoms with Gasteiger partial charge in [0, 0.05) is 13.6 Å². The van der Waals surface area contributed by atoms with Crippen molar-refractivity contribution in [1.82, 2.24) is 10.2 Å². The number of nitrogens with zero attached hydrogens (tertiary/aromatic N) is 2. The summed E-state index contributed by atoms with van der Waals surface area (Å²) < 4.78 is 28.7. The van der Waals surface area contributed by atoms with E-state index in [0.717, 1.165) is 21.0 Å². The van der Waals surface area contributed by atoms with E-state index in [4.69, 9.17) is 23.2 Å². The monoisotopic (exact) mass is 575 g/mol. The van der Waals surface area contributed by atoms with Gasteiger partial charge in [0.2, 0.25) is 11.8 Å². The van der Waals surface area contributed by atoms with E-state index in [2.05, 4.69) is 5.32 Å². The number of carbonyl (C=O) groups is 2. The molecule has 0 saturated carbocycles. The molecule has 0 unspecified atom stereocenters. The predicted octanol–water partition coefficient (Wildman–Crippen LogP) is 5.36. The molecule has 0 fully saturated rings. The molecule has 1 atom stereocenters. The number of amides is 2. The minimum Gasteiger partial charge on any atom is -0.357 e. The Balaban J connectivity index is 2.09. The summed E-state index contributed by atoms with van der Waals surface area (Å²) in [6, 6.07) is 17.5. The van der Waals surface area contributed by atoms with Crippen LogP contribution in [0, 0.1) is 13.8 Å². The van der Waals surface area contributed by atoms with Crippen LogP contribution in [-0.2, 0) is 26.2 Å². The minimum atomic E-state index is -4.18. The van der Waals surface area contributed by atoms with E-state index in [-0.39, 0.29) is 33.1 Å². The molecule has 0 aliphatic heterocycles. The van der Waals surface area contributed by atoms with Crippen LogP contribution in [0.1, 0.15) is 30.0 Å². The molecule has 0 aliphatic carbocycles. The zero-order valence-electron chi connectivity index (χ0n) is 21.7.